The second kappa shape index (κ2) is 9.93. The van der Waals surface area contributed by atoms with Gasteiger partial charge in [-0.25, -0.2) is 0 Å². The van der Waals surface area contributed by atoms with Gasteiger partial charge in [-0.3, -0.25) is 4.79 Å². The van der Waals surface area contributed by atoms with Crippen LogP contribution in [0.15, 0.2) is 0 Å². The van der Waals surface area contributed by atoms with E-state index in [1.54, 1.807) is 0 Å². The molecule has 90 valence electrons. The summed E-state index contributed by atoms with van der Waals surface area (Å²) in [5, 5.41) is 11.3. The van der Waals surface area contributed by atoms with Crippen LogP contribution in [0, 0.1) is 0 Å². The average molecular weight is 217 g/mol. The monoisotopic (exact) mass is 217 g/mol. The van der Waals surface area contributed by atoms with Gasteiger partial charge >= 0.3 is 0 Å². The van der Waals surface area contributed by atoms with Gasteiger partial charge in [0.1, 0.15) is 0 Å². The fraction of sp³-hybridized carbons (Fsp3) is 0.909. The quantitative estimate of drug-likeness (QED) is 0.568. The third kappa shape index (κ3) is 11.3. The Morgan fingerprint density at radius 2 is 2.07 bits per heavy atom. The van der Waals surface area contributed by atoms with E-state index in [2.05, 4.69) is 5.32 Å². The van der Waals surface area contributed by atoms with E-state index in [-0.39, 0.29) is 18.6 Å². The minimum atomic E-state index is 0.0630. The zero-order chi connectivity index (χ0) is 11.5. The summed E-state index contributed by atoms with van der Waals surface area (Å²) >= 11 is 0. The predicted molar refractivity (Wildman–Crippen MR) is 59.7 cm³/mol. The van der Waals surface area contributed by atoms with E-state index < -0.39 is 0 Å². The molecule has 0 saturated carbocycles. The lowest BCUT2D eigenvalue weighted by molar-refractivity contribution is -0.121. The van der Waals surface area contributed by atoms with Crippen LogP contribution < -0.4 is 5.32 Å². The van der Waals surface area contributed by atoms with Gasteiger partial charge in [-0.2, -0.15) is 0 Å². The number of unbranched alkanes of at least 4 members (excludes halogenated alkanes) is 1. The number of aliphatic hydroxyl groups excluding tert-OH is 1. The first-order valence-corrected chi connectivity index (χ1v) is 5.66. The summed E-state index contributed by atoms with van der Waals surface area (Å²) in [5.41, 5.74) is 0. The van der Waals surface area contributed by atoms with Crippen LogP contribution in [0.4, 0.5) is 0 Å². The molecule has 0 radical (unpaired) electrons. The van der Waals surface area contributed by atoms with Crippen LogP contribution in [0.5, 0.6) is 0 Å². The molecule has 0 saturated heterocycles. The SMILES string of the molecule is CC(C)OCCCNC(=O)CCCCO. The van der Waals surface area contributed by atoms with Gasteiger partial charge < -0.3 is 15.2 Å². The van der Waals surface area contributed by atoms with Gasteiger partial charge in [-0.15, -0.1) is 0 Å². The standard InChI is InChI=1S/C11H23NO3/c1-10(2)15-9-5-7-12-11(14)6-3-4-8-13/h10,13H,3-9H2,1-2H3,(H,12,14). The Hall–Kier alpha value is -0.610. The zero-order valence-corrected chi connectivity index (χ0v) is 9.79. The number of rotatable bonds is 9. The van der Waals surface area contributed by atoms with Crippen LogP contribution in [0.1, 0.15) is 39.5 Å². The molecule has 0 spiro atoms. The third-order valence-electron chi connectivity index (χ3n) is 1.91. The maximum atomic E-state index is 11.2. The molecule has 4 nitrogen and oxygen atoms in total. The lowest BCUT2D eigenvalue weighted by atomic mass is 10.2. The Morgan fingerprint density at radius 3 is 2.67 bits per heavy atom. The van der Waals surface area contributed by atoms with Crippen LogP contribution in [0.2, 0.25) is 0 Å². The molecule has 0 aromatic rings. The van der Waals surface area contributed by atoms with E-state index >= 15 is 0 Å². The highest BCUT2D eigenvalue weighted by Gasteiger charge is 1.99. The molecule has 0 atom stereocenters. The fourth-order valence-corrected chi connectivity index (χ4v) is 1.10. The first kappa shape index (κ1) is 14.4. The van der Waals surface area contributed by atoms with Crippen molar-refractivity contribution in [2.45, 2.75) is 45.6 Å². The van der Waals surface area contributed by atoms with Crippen molar-refractivity contribution >= 4 is 5.91 Å². The number of amides is 1. The van der Waals surface area contributed by atoms with Crippen molar-refractivity contribution in [3.63, 3.8) is 0 Å². The molecule has 0 aromatic heterocycles. The van der Waals surface area contributed by atoms with E-state index in [1.165, 1.54) is 0 Å². The molecule has 4 heteroatoms. The highest BCUT2D eigenvalue weighted by molar-refractivity contribution is 5.75. The van der Waals surface area contributed by atoms with Crippen LogP contribution in [0.25, 0.3) is 0 Å². The first-order valence-electron chi connectivity index (χ1n) is 5.66. The molecule has 0 aliphatic rings. The van der Waals surface area contributed by atoms with Crippen LogP contribution >= 0.6 is 0 Å². The third-order valence-corrected chi connectivity index (χ3v) is 1.91. The molecular weight excluding hydrogens is 194 g/mol. The van der Waals surface area contributed by atoms with Gasteiger partial charge in [0.2, 0.25) is 5.91 Å². The second-order valence-corrected chi connectivity index (χ2v) is 3.80. The van der Waals surface area contributed by atoms with E-state index in [1.807, 2.05) is 13.8 Å². The van der Waals surface area contributed by atoms with E-state index in [4.69, 9.17) is 9.84 Å². The number of carbonyl (C=O) groups is 1. The summed E-state index contributed by atoms with van der Waals surface area (Å²) in [6.45, 7) is 5.51. The van der Waals surface area contributed by atoms with Crippen molar-refractivity contribution in [3.05, 3.63) is 0 Å². The van der Waals surface area contributed by atoms with Crippen LogP contribution in [-0.4, -0.2) is 36.9 Å². The molecule has 0 fully saturated rings. The van der Waals surface area contributed by atoms with Crippen LogP contribution in [0.3, 0.4) is 0 Å². The highest BCUT2D eigenvalue weighted by atomic mass is 16.5. The van der Waals surface area contributed by atoms with E-state index in [9.17, 15) is 4.79 Å². The Morgan fingerprint density at radius 1 is 1.33 bits per heavy atom. The fourth-order valence-electron chi connectivity index (χ4n) is 1.10. The normalized spacial score (nSPS) is 10.7. The smallest absolute Gasteiger partial charge is 0.219 e. The van der Waals surface area contributed by atoms with Gasteiger partial charge in [-0.1, -0.05) is 0 Å². The highest BCUT2D eigenvalue weighted by Crippen LogP contribution is 1.94. The summed E-state index contributed by atoms with van der Waals surface area (Å²) in [6, 6.07) is 0. The number of hydrogen-bond acceptors (Lipinski definition) is 3. The molecular formula is C11H23NO3. The summed E-state index contributed by atoms with van der Waals surface area (Å²) < 4.78 is 5.34. The van der Waals surface area contributed by atoms with Crippen molar-refractivity contribution in [2.75, 3.05) is 19.8 Å². The molecule has 1 amide bonds. The van der Waals surface area contributed by atoms with Crippen molar-refractivity contribution in [1.29, 1.82) is 0 Å². The summed E-state index contributed by atoms with van der Waals surface area (Å²) in [6.07, 6.45) is 3.06. The molecule has 0 unspecified atom stereocenters. The Bertz CT molecular complexity index is 160. The lowest BCUT2D eigenvalue weighted by Crippen LogP contribution is -2.25. The number of ether oxygens (including phenoxy) is 1. The van der Waals surface area contributed by atoms with Crippen LogP contribution in [-0.2, 0) is 9.53 Å². The Balaban J connectivity index is 3.17. The topological polar surface area (TPSA) is 58.6 Å². The number of hydrogen-bond donors (Lipinski definition) is 2. The largest absolute Gasteiger partial charge is 0.396 e. The molecule has 0 rings (SSSR count). The summed E-state index contributed by atoms with van der Waals surface area (Å²) in [5.74, 6) is 0.0630. The van der Waals surface area contributed by atoms with Gasteiger partial charge in [0.25, 0.3) is 0 Å². The average Bonchev–Trinajstić information content (AvgIpc) is 2.17. The zero-order valence-electron chi connectivity index (χ0n) is 9.79. The molecule has 0 heterocycles. The first-order chi connectivity index (χ1) is 7.16. The number of carbonyl (C=O) groups excluding carboxylic acids is 1. The summed E-state index contributed by atoms with van der Waals surface area (Å²) in [7, 11) is 0. The van der Waals surface area contributed by atoms with E-state index in [0.717, 1.165) is 12.8 Å². The van der Waals surface area contributed by atoms with Gasteiger partial charge in [-0.05, 0) is 33.1 Å². The second-order valence-electron chi connectivity index (χ2n) is 3.80. The molecule has 0 bridgehead atoms. The maximum Gasteiger partial charge on any atom is 0.219 e. The van der Waals surface area contributed by atoms with Gasteiger partial charge in [0.15, 0.2) is 0 Å². The number of nitrogens with one attached hydrogen (secondary N) is 1. The number of aliphatic hydroxyl groups is 1. The minimum absolute atomic E-state index is 0.0630. The van der Waals surface area contributed by atoms with Gasteiger partial charge in [0.05, 0.1) is 6.10 Å². The van der Waals surface area contributed by atoms with Crippen molar-refractivity contribution < 1.29 is 14.6 Å². The Labute approximate surface area is 92.0 Å². The molecule has 0 aliphatic carbocycles. The van der Waals surface area contributed by atoms with E-state index in [0.29, 0.717) is 26.0 Å². The molecule has 15 heavy (non-hydrogen) atoms. The minimum Gasteiger partial charge on any atom is -0.396 e. The molecule has 0 aliphatic heterocycles. The predicted octanol–water partition coefficient (Wildman–Crippen LogP) is 1.08. The summed E-state index contributed by atoms with van der Waals surface area (Å²) in [4.78, 5) is 11.2. The molecule has 0 aromatic carbocycles. The van der Waals surface area contributed by atoms with Gasteiger partial charge in [0, 0.05) is 26.2 Å². The maximum absolute atomic E-state index is 11.2. The lowest BCUT2D eigenvalue weighted by Gasteiger charge is -2.08. The van der Waals surface area contributed by atoms with Crippen molar-refractivity contribution in [3.8, 4) is 0 Å². The van der Waals surface area contributed by atoms with Crippen molar-refractivity contribution in [1.82, 2.24) is 5.32 Å². The molecule has 2 N–H and O–H groups in total. The Kier molecular flexibility index (Phi) is 9.52. The van der Waals surface area contributed by atoms with Crippen molar-refractivity contribution in [2.24, 2.45) is 0 Å².